The lowest BCUT2D eigenvalue weighted by Crippen LogP contribution is -2.39. The van der Waals surface area contributed by atoms with Gasteiger partial charge >= 0.3 is 0 Å². The maximum absolute atomic E-state index is 6.01. The Labute approximate surface area is 132 Å². The van der Waals surface area contributed by atoms with Gasteiger partial charge in [-0.05, 0) is 30.8 Å². The van der Waals surface area contributed by atoms with Gasteiger partial charge in [0.2, 0.25) is 0 Å². The Morgan fingerprint density at radius 2 is 1.89 bits per heavy atom. The van der Waals surface area contributed by atoms with Gasteiger partial charge in [0.05, 0.1) is 15.7 Å². The maximum Gasteiger partial charge on any atom is 0.185 e. The van der Waals surface area contributed by atoms with Gasteiger partial charge in [0.25, 0.3) is 0 Å². The third kappa shape index (κ3) is 6.01. The Bertz CT molecular complexity index is 422. The van der Waals surface area contributed by atoms with Crippen LogP contribution < -0.4 is 16.2 Å². The second-order valence-corrected chi connectivity index (χ2v) is 5.26. The molecule has 1 aromatic carbocycles. The van der Waals surface area contributed by atoms with Gasteiger partial charge in [-0.3, -0.25) is 10.9 Å². The van der Waals surface area contributed by atoms with Crippen LogP contribution in [0.25, 0.3) is 0 Å². The van der Waals surface area contributed by atoms with Crippen molar-refractivity contribution in [2.45, 2.75) is 6.42 Å². The number of halogens is 3. The van der Waals surface area contributed by atoms with E-state index in [1.54, 1.807) is 19.2 Å². The van der Waals surface area contributed by atoms with E-state index in [1.807, 2.05) is 0 Å². The van der Waals surface area contributed by atoms with E-state index < -0.39 is 0 Å². The molecule has 0 spiro atoms. The largest absolute Gasteiger partial charge is 0.385 e. The van der Waals surface area contributed by atoms with Crippen LogP contribution >= 0.6 is 47.0 Å². The van der Waals surface area contributed by atoms with Gasteiger partial charge in [-0.2, -0.15) is 0 Å². The highest BCUT2D eigenvalue weighted by molar-refractivity contribution is 7.80. The summed E-state index contributed by atoms with van der Waals surface area (Å²) in [6, 6.07) is 3.18. The predicted molar refractivity (Wildman–Crippen MR) is 85.3 cm³/mol. The van der Waals surface area contributed by atoms with E-state index in [1.165, 1.54) is 0 Å². The number of benzene rings is 1. The van der Waals surface area contributed by atoms with Gasteiger partial charge in [0.1, 0.15) is 0 Å². The lowest BCUT2D eigenvalue weighted by molar-refractivity contribution is 0.195. The first-order valence-electron chi connectivity index (χ1n) is 5.48. The highest BCUT2D eigenvalue weighted by Crippen LogP contribution is 2.32. The molecule has 1 rings (SSSR count). The predicted octanol–water partition coefficient (Wildman–Crippen LogP) is 3.47. The molecule has 0 aliphatic carbocycles. The summed E-state index contributed by atoms with van der Waals surface area (Å²) in [5.74, 6) is 0. The van der Waals surface area contributed by atoms with Gasteiger partial charge in [0, 0.05) is 25.3 Å². The zero-order valence-electron chi connectivity index (χ0n) is 10.2. The smallest absolute Gasteiger partial charge is 0.185 e. The van der Waals surface area contributed by atoms with Crippen LogP contribution in [0.3, 0.4) is 0 Å². The van der Waals surface area contributed by atoms with Crippen LogP contribution in [0.5, 0.6) is 0 Å². The average Bonchev–Trinajstić information content (AvgIpc) is 2.33. The second-order valence-electron chi connectivity index (χ2n) is 3.60. The molecule has 0 radical (unpaired) electrons. The van der Waals surface area contributed by atoms with Crippen molar-refractivity contribution in [1.82, 2.24) is 10.7 Å². The Hall–Kier alpha value is -0.460. The first-order valence-corrected chi connectivity index (χ1v) is 7.02. The SMILES string of the molecule is COCCCNC(=S)NNc1c(Cl)cc(Cl)cc1Cl. The maximum atomic E-state index is 6.01. The number of rotatable bonds is 6. The minimum absolute atomic E-state index is 0.409. The summed E-state index contributed by atoms with van der Waals surface area (Å²) in [5, 5.41) is 4.74. The fourth-order valence-corrected chi connectivity index (χ4v) is 2.31. The number of ether oxygens (including phenoxy) is 1. The van der Waals surface area contributed by atoms with E-state index in [-0.39, 0.29) is 0 Å². The highest BCUT2D eigenvalue weighted by atomic mass is 35.5. The molecule has 8 heteroatoms. The van der Waals surface area contributed by atoms with Crippen molar-refractivity contribution in [3.63, 3.8) is 0 Å². The number of hydrogen-bond acceptors (Lipinski definition) is 3. The molecular weight excluding hydrogens is 329 g/mol. The quantitative estimate of drug-likeness (QED) is 0.420. The number of hydrogen-bond donors (Lipinski definition) is 3. The Morgan fingerprint density at radius 3 is 2.47 bits per heavy atom. The average molecular weight is 343 g/mol. The van der Waals surface area contributed by atoms with Gasteiger partial charge in [0.15, 0.2) is 5.11 Å². The van der Waals surface area contributed by atoms with Crippen LogP contribution in [0, 0.1) is 0 Å². The third-order valence-electron chi connectivity index (χ3n) is 2.12. The molecule has 0 aliphatic rings. The van der Waals surface area contributed by atoms with E-state index in [0.717, 1.165) is 6.42 Å². The summed E-state index contributed by atoms with van der Waals surface area (Å²) in [4.78, 5) is 0. The van der Waals surface area contributed by atoms with Crippen LogP contribution in [0.15, 0.2) is 12.1 Å². The molecule has 0 fully saturated rings. The Morgan fingerprint density at radius 1 is 1.26 bits per heavy atom. The van der Waals surface area contributed by atoms with Crippen molar-refractivity contribution in [2.24, 2.45) is 0 Å². The first kappa shape index (κ1) is 16.6. The summed E-state index contributed by atoms with van der Waals surface area (Å²) in [6.45, 7) is 1.39. The molecule has 0 bridgehead atoms. The highest BCUT2D eigenvalue weighted by Gasteiger charge is 2.07. The van der Waals surface area contributed by atoms with Crippen molar-refractivity contribution in [1.29, 1.82) is 0 Å². The standard InChI is InChI=1S/C11H14Cl3N3OS/c1-18-4-2-3-15-11(19)17-16-10-8(13)5-7(12)6-9(10)14/h5-6,16H,2-4H2,1H3,(H2,15,17,19). The van der Waals surface area contributed by atoms with Gasteiger partial charge < -0.3 is 10.1 Å². The van der Waals surface area contributed by atoms with Gasteiger partial charge in [-0.1, -0.05) is 34.8 Å². The lowest BCUT2D eigenvalue weighted by Gasteiger charge is -2.14. The van der Waals surface area contributed by atoms with Crippen molar-refractivity contribution in [2.75, 3.05) is 25.7 Å². The van der Waals surface area contributed by atoms with Crippen LogP contribution in [-0.2, 0) is 4.74 Å². The first-order chi connectivity index (χ1) is 9.04. The van der Waals surface area contributed by atoms with Crippen LogP contribution in [0.1, 0.15) is 6.42 Å². The molecule has 0 heterocycles. The summed E-state index contributed by atoms with van der Waals surface area (Å²) in [7, 11) is 1.66. The summed E-state index contributed by atoms with van der Waals surface area (Å²) in [6.07, 6.45) is 0.862. The van der Waals surface area contributed by atoms with Crippen LogP contribution in [0.4, 0.5) is 5.69 Å². The molecule has 4 nitrogen and oxygen atoms in total. The second kappa shape index (κ2) is 8.66. The monoisotopic (exact) mass is 341 g/mol. The molecule has 0 atom stereocenters. The molecule has 1 aromatic rings. The van der Waals surface area contributed by atoms with Crippen LogP contribution in [-0.4, -0.2) is 25.4 Å². The van der Waals surface area contributed by atoms with Gasteiger partial charge in [-0.25, -0.2) is 0 Å². The zero-order valence-corrected chi connectivity index (χ0v) is 13.3. The molecule has 106 valence electrons. The molecular formula is C11H14Cl3N3OS. The molecule has 0 amide bonds. The lowest BCUT2D eigenvalue weighted by atomic mass is 10.3. The van der Waals surface area contributed by atoms with Crippen molar-refractivity contribution in [3.05, 3.63) is 27.2 Å². The minimum atomic E-state index is 0.409. The molecule has 19 heavy (non-hydrogen) atoms. The summed E-state index contributed by atoms with van der Waals surface area (Å²) >= 11 is 22.9. The van der Waals surface area contributed by atoms with Crippen molar-refractivity contribution < 1.29 is 4.74 Å². The van der Waals surface area contributed by atoms with Crippen LogP contribution in [0.2, 0.25) is 15.1 Å². The third-order valence-corrected chi connectivity index (χ3v) is 3.18. The molecule has 0 aliphatic heterocycles. The topological polar surface area (TPSA) is 45.3 Å². The molecule has 3 N–H and O–H groups in total. The van der Waals surface area contributed by atoms with E-state index in [0.29, 0.717) is 39.0 Å². The fraction of sp³-hybridized carbons (Fsp3) is 0.364. The number of anilines is 1. The fourth-order valence-electron chi connectivity index (χ4n) is 1.24. The van der Waals surface area contributed by atoms with Crippen molar-refractivity contribution in [3.8, 4) is 0 Å². The zero-order chi connectivity index (χ0) is 14.3. The number of methoxy groups -OCH3 is 1. The van der Waals surface area contributed by atoms with E-state index in [9.17, 15) is 0 Å². The van der Waals surface area contributed by atoms with E-state index in [2.05, 4.69) is 16.2 Å². The summed E-state index contributed by atoms with van der Waals surface area (Å²) in [5.41, 5.74) is 6.16. The van der Waals surface area contributed by atoms with Gasteiger partial charge in [-0.15, -0.1) is 0 Å². The molecule has 0 aromatic heterocycles. The number of thiocarbonyl (C=S) groups is 1. The number of nitrogens with one attached hydrogen (secondary N) is 3. The molecule has 0 saturated carbocycles. The van der Waals surface area contributed by atoms with E-state index in [4.69, 9.17) is 51.8 Å². The number of hydrazine groups is 1. The normalized spacial score (nSPS) is 10.1. The molecule has 0 saturated heterocycles. The Kier molecular flexibility index (Phi) is 7.56. The van der Waals surface area contributed by atoms with E-state index >= 15 is 0 Å². The molecule has 0 unspecified atom stereocenters. The minimum Gasteiger partial charge on any atom is -0.385 e. The Balaban J connectivity index is 2.42. The van der Waals surface area contributed by atoms with Crippen molar-refractivity contribution >= 4 is 57.8 Å². The summed E-state index contributed by atoms with van der Waals surface area (Å²) < 4.78 is 4.93.